The van der Waals surface area contributed by atoms with E-state index in [0.29, 0.717) is 6.54 Å². The lowest BCUT2D eigenvalue weighted by Gasteiger charge is -2.41. The molecule has 0 radical (unpaired) electrons. The molecule has 248 valence electrons. The minimum Gasteiger partial charge on any atom is -0.467 e. The summed E-state index contributed by atoms with van der Waals surface area (Å²) in [5, 5.41) is 16.3. The van der Waals surface area contributed by atoms with Crippen molar-refractivity contribution in [3.8, 4) is 0 Å². The minimum atomic E-state index is -0.814. The maximum atomic E-state index is 14.1. The standard InChI is InChI=1S/C33H55N5O6/c1-21(2)25(19-36(9)20-26(40)38-18-23(39)17-24(38)31(43)44-11)37(10)30(42)28(32(3,4)5)35-29(41)27(34-8)33(6,7)22-15-13-12-14-16-22/h12-16,21,23-25,27-28,34,39H,17-20H2,1-11H3,(H,35,41)/t23-,24?,25-,27-,28?/m1/s1. The van der Waals surface area contributed by atoms with Gasteiger partial charge in [0.05, 0.1) is 25.8 Å². The topological polar surface area (TPSA) is 132 Å². The number of ether oxygens (including phenoxy) is 1. The van der Waals surface area contributed by atoms with Crippen LogP contribution in [0.3, 0.4) is 0 Å². The van der Waals surface area contributed by atoms with E-state index >= 15 is 0 Å². The quantitative estimate of drug-likeness (QED) is 0.285. The van der Waals surface area contributed by atoms with Crippen molar-refractivity contribution in [3.63, 3.8) is 0 Å². The third kappa shape index (κ3) is 9.01. The van der Waals surface area contributed by atoms with E-state index in [0.717, 1.165) is 5.56 Å². The highest BCUT2D eigenvalue weighted by Crippen LogP contribution is 2.29. The first kappa shape index (κ1) is 37.2. The number of likely N-dealkylation sites (tertiary alicyclic amines) is 1. The van der Waals surface area contributed by atoms with E-state index in [1.165, 1.54) is 12.0 Å². The summed E-state index contributed by atoms with van der Waals surface area (Å²) >= 11 is 0. The number of rotatable bonds is 13. The summed E-state index contributed by atoms with van der Waals surface area (Å²) in [6.45, 7) is 14.3. The van der Waals surface area contributed by atoms with Crippen molar-refractivity contribution in [1.82, 2.24) is 25.3 Å². The molecule has 3 N–H and O–H groups in total. The molecule has 0 bridgehead atoms. The molecular weight excluding hydrogens is 562 g/mol. The van der Waals surface area contributed by atoms with Crippen LogP contribution in [0, 0.1) is 11.3 Å². The number of methoxy groups -OCH3 is 1. The van der Waals surface area contributed by atoms with Gasteiger partial charge in [0.25, 0.3) is 0 Å². The fraction of sp³-hybridized carbons (Fsp3) is 0.697. The number of β-amino-alcohol motifs (C(OH)–C–C–N with tert-alkyl or cyclic N) is 1. The number of hydrogen-bond acceptors (Lipinski definition) is 8. The zero-order chi connectivity index (χ0) is 33.6. The molecule has 2 unspecified atom stereocenters. The van der Waals surface area contributed by atoms with E-state index in [1.54, 1.807) is 26.0 Å². The number of aliphatic hydroxyl groups excluding tert-OH is 1. The van der Waals surface area contributed by atoms with Crippen molar-refractivity contribution >= 4 is 23.7 Å². The van der Waals surface area contributed by atoms with Gasteiger partial charge < -0.3 is 30.3 Å². The monoisotopic (exact) mass is 617 g/mol. The van der Waals surface area contributed by atoms with Crippen LogP contribution < -0.4 is 10.6 Å². The zero-order valence-corrected chi connectivity index (χ0v) is 28.5. The zero-order valence-electron chi connectivity index (χ0n) is 28.5. The Morgan fingerprint density at radius 3 is 2.14 bits per heavy atom. The Hall–Kier alpha value is -3.02. The SMILES string of the molecule is CN[C@H](C(=O)NC(C(=O)N(C)[C@H](CN(C)CC(=O)N1C[C@H](O)CC1C(=O)OC)C(C)C)C(C)(C)C)C(C)(C)c1ccccc1. The highest BCUT2D eigenvalue weighted by atomic mass is 16.5. The molecule has 0 aliphatic carbocycles. The highest BCUT2D eigenvalue weighted by Gasteiger charge is 2.43. The summed E-state index contributed by atoms with van der Waals surface area (Å²) in [4.78, 5) is 58.1. The number of carbonyl (C=O) groups excluding carboxylic acids is 4. The van der Waals surface area contributed by atoms with Crippen molar-refractivity contribution in [2.24, 2.45) is 11.3 Å². The van der Waals surface area contributed by atoms with E-state index < -0.39 is 41.0 Å². The molecule has 0 saturated carbocycles. The Labute approximate surface area is 263 Å². The molecule has 1 aromatic carbocycles. The molecule has 0 aromatic heterocycles. The Morgan fingerprint density at radius 1 is 1.05 bits per heavy atom. The second-order valence-electron chi connectivity index (χ2n) is 14.0. The number of esters is 1. The number of likely N-dealkylation sites (N-methyl/N-ethyl adjacent to an activating group) is 3. The number of nitrogens with zero attached hydrogens (tertiary/aromatic N) is 3. The molecule has 1 saturated heterocycles. The summed E-state index contributed by atoms with van der Waals surface area (Å²) in [5.74, 6) is -1.29. The van der Waals surface area contributed by atoms with Crippen molar-refractivity contribution in [2.75, 3.05) is 47.9 Å². The number of hydrogen-bond donors (Lipinski definition) is 3. The first-order valence-electron chi connectivity index (χ1n) is 15.4. The Kier molecular flexibility index (Phi) is 12.9. The van der Waals surface area contributed by atoms with Crippen LogP contribution in [0.1, 0.15) is 60.5 Å². The second-order valence-corrected chi connectivity index (χ2v) is 14.0. The predicted molar refractivity (Wildman–Crippen MR) is 171 cm³/mol. The number of nitrogens with one attached hydrogen (secondary N) is 2. The third-order valence-electron chi connectivity index (χ3n) is 8.78. The van der Waals surface area contributed by atoms with Crippen LogP contribution in [0.4, 0.5) is 0 Å². The van der Waals surface area contributed by atoms with Crippen LogP contribution in [-0.4, -0.2) is 122 Å². The molecule has 44 heavy (non-hydrogen) atoms. The van der Waals surface area contributed by atoms with Gasteiger partial charge in [-0.15, -0.1) is 0 Å². The Bertz CT molecular complexity index is 1140. The predicted octanol–water partition coefficient (Wildman–Crippen LogP) is 1.63. The van der Waals surface area contributed by atoms with Gasteiger partial charge in [-0.25, -0.2) is 4.79 Å². The lowest BCUT2D eigenvalue weighted by Crippen LogP contribution is -2.62. The number of benzene rings is 1. The summed E-state index contributed by atoms with van der Waals surface area (Å²) in [6, 6.07) is 7.33. The summed E-state index contributed by atoms with van der Waals surface area (Å²) in [6.07, 6.45) is -0.643. The molecule has 0 spiro atoms. The van der Waals surface area contributed by atoms with E-state index in [9.17, 15) is 24.3 Å². The van der Waals surface area contributed by atoms with Crippen LogP contribution in [0.25, 0.3) is 0 Å². The summed E-state index contributed by atoms with van der Waals surface area (Å²) < 4.78 is 4.83. The molecule has 1 heterocycles. The van der Waals surface area contributed by atoms with E-state index in [2.05, 4.69) is 10.6 Å². The Morgan fingerprint density at radius 2 is 1.64 bits per heavy atom. The van der Waals surface area contributed by atoms with Gasteiger partial charge in [0.15, 0.2) is 0 Å². The van der Waals surface area contributed by atoms with Gasteiger partial charge in [-0.1, -0.05) is 78.8 Å². The largest absolute Gasteiger partial charge is 0.467 e. The fourth-order valence-corrected chi connectivity index (χ4v) is 6.03. The van der Waals surface area contributed by atoms with Crippen LogP contribution in [0.15, 0.2) is 30.3 Å². The third-order valence-corrected chi connectivity index (χ3v) is 8.78. The molecule has 1 fully saturated rings. The summed E-state index contributed by atoms with van der Waals surface area (Å²) in [5.41, 5.74) is -0.131. The fourth-order valence-electron chi connectivity index (χ4n) is 6.03. The number of aliphatic hydroxyl groups is 1. The smallest absolute Gasteiger partial charge is 0.328 e. The van der Waals surface area contributed by atoms with Crippen molar-refractivity contribution in [1.29, 1.82) is 0 Å². The maximum Gasteiger partial charge on any atom is 0.328 e. The first-order chi connectivity index (χ1) is 20.4. The summed E-state index contributed by atoms with van der Waals surface area (Å²) in [7, 11) is 6.54. The molecule has 5 atom stereocenters. The van der Waals surface area contributed by atoms with Gasteiger partial charge in [0.1, 0.15) is 12.1 Å². The molecule has 11 heteroatoms. The molecular formula is C33H55N5O6. The molecule has 3 amide bonds. The molecule has 1 aliphatic rings. The lowest BCUT2D eigenvalue weighted by atomic mass is 9.76. The van der Waals surface area contributed by atoms with E-state index in [1.807, 2.05) is 83.7 Å². The van der Waals surface area contributed by atoms with E-state index in [4.69, 9.17) is 4.74 Å². The highest BCUT2D eigenvalue weighted by molar-refractivity contribution is 5.91. The number of amides is 3. The van der Waals surface area contributed by atoms with Crippen molar-refractivity contribution < 1.29 is 29.0 Å². The van der Waals surface area contributed by atoms with Crippen LogP contribution in [-0.2, 0) is 29.3 Å². The van der Waals surface area contributed by atoms with Gasteiger partial charge in [-0.05, 0) is 31.0 Å². The van der Waals surface area contributed by atoms with Crippen molar-refractivity contribution in [2.45, 2.75) is 90.6 Å². The van der Waals surface area contributed by atoms with Gasteiger partial charge in [-0.3, -0.25) is 19.3 Å². The van der Waals surface area contributed by atoms with Crippen LogP contribution in [0.5, 0.6) is 0 Å². The molecule has 2 rings (SSSR count). The Balaban J connectivity index is 2.21. The minimum absolute atomic E-state index is 0.00329. The van der Waals surface area contributed by atoms with Gasteiger partial charge in [0, 0.05) is 38.0 Å². The molecule has 1 aliphatic heterocycles. The molecule has 1 aromatic rings. The lowest BCUT2D eigenvalue weighted by molar-refractivity contribution is -0.151. The van der Waals surface area contributed by atoms with Crippen molar-refractivity contribution in [3.05, 3.63) is 35.9 Å². The maximum absolute atomic E-state index is 14.1. The van der Waals surface area contributed by atoms with Gasteiger partial charge in [-0.2, -0.15) is 0 Å². The average molecular weight is 618 g/mol. The second kappa shape index (κ2) is 15.3. The average Bonchev–Trinajstić information content (AvgIpc) is 3.35. The van der Waals surface area contributed by atoms with Crippen LogP contribution in [0.2, 0.25) is 0 Å². The normalized spacial score (nSPS) is 19.5. The van der Waals surface area contributed by atoms with Crippen LogP contribution >= 0.6 is 0 Å². The number of carbonyl (C=O) groups is 4. The van der Waals surface area contributed by atoms with Gasteiger partial charge in [0.2, 0.25) is 17.7 Å². The molecule has 11 nitrogen and oxygen atoms in total. The van der Waals surface area contributed by atoms with E-state index in [-0.39, 0.29) is 49.2 Å². The van der Waals surface area contributed by atoms with Gasteiger partial charge >= 0.3 is 5.97 Å². The first-order valence-corrected chi connectivity index (χ1v) is 15.4.